The number of carbonyl (C=O) groups is 3. The Morgan fingerprint density at radius 1 is 0.527 bits per heavy atom. The Hall–Kier alpha value is -2.19. The van der Waals surface area contributed by atoms with Crippen LogP contribution in [0.2, 0.25) is 0 Å². The maximum Gasteiger partial charge on any atom is 0.362 e. The molecule has 2 unspecified atom stereocenters. The number of unbranched alkanes of at least 4 members (excludes halogenated alkanes) is 23. The van der Waals surface area contributed by atoms with Crippen LogP contribution in [0.15, 0.2) is 24.3 Å². The molecule has 0 aromatic heterocycles. The molecule has 0 radical (unpaired) electrons. The second kappa shape index (κ2) is 38.7. The molecular formula is C47H88NO7+. The monoisotopic (exact) mass is 779 g/mol. The van der Waals surface area contributed by atoms with Gasteiger partial charge in [0, 0.05) is 19.3 Å². The molecule has 0 saturated heterocycles. The molecule has 8 heteroatoms. The van der Waals surface area contributed by atoms with Gasteiger partial charge in [-0.05, 0) is 57.8 Å². The molecule has 0 aromatic carbocycles. The van der Waals surface area contributed by atoms with Crippen LogP contribution in [-0.2, 0) is 28.6 Å². The SMILES string of the molecule is CCCC/C=C/CCCCCCCC(=O)OCC(COCCC(C(=O)O)[N+](C)(C)C)OC(=O)CCCCCCCCC/C=C/CCCCCCCCCCC. The molecule has 0 aromatic rings. The number of nitrogens with zero attached hydrogens (tertiary/aromatic N) is 1. The van der Waals surface area contributed by atoms with Crippen LogP contribution in [0.3, 0.4) is 0 Å². The lowest BCUT2D eigenvalue weighted by Crippen LogP contribution is -2.50. The van der Waals surface area contributed by atoms with E-state index in [0.717, 1.165) is 51.4 Å². The number of carboxylic acid groups (broad SMARTS) is 1. The Kier molecular flexibility index (Phi) is 37.1. The number of allylic oxidation sites excluding steroid dienone is 4. The number of hydrogen-bond acceptors (Lipinski definition) is 6. The Morgan fingerprint density at radius 2 is 0.927 bits per heavy atom. The molecule has 0 saturated carbocycles. The summed E-state index contributed by atoms with van der Waals surface area (Å²) < 4.78 is 17.3. The van der Waals surface area contributed by atoms with Gasteiger partial charge in [0.1, 0.15) is 6.61 Å². The lowest BCUT2D eigenvalue weighted by Gasteiger charge is -2.31. The Morgan fingerprint density at radius 3 is 1.36 bits per heavy atom. The van der Waals surface area contributed by atoms with Gasteiger partial charge in [-0.3, -0.25) is 9.59 Å². The van der Waals surface area contributed by atoms with E-state index in [1.165, 1.54) is 122 Å². The quantitative estimate of drug-likeness (QED) is 0.0285. The smallest absolute Gasteiger partial charge is 0.362 e. The molecule has 0 aliphatic carbocycles. The average molecular weight is 779 g/mol. The normalized spacial score (nSPS) is 13.1. The van der Waals surface area contributed by atoms with Gasteiger partial charge in [-0.15, -0.1) is 0 Å². The fraction of sp³-hybridized carbons (Fsp3) is 0.851. The van der Waals surface area contributed by atoms with Gasteiger partial charge in [0.05, 0.1) is 34.4 Å². The van der Waals surface area contributed by atoms with Crippen molar-refractivity contribution in [2.75, 3.05) is 41.0 Å². The third-order valence-corrected chi connectivity index (χ3v) is 10.3. The third kappa shape index (κ3) is 37.2. The van der Waals surface area contributed by atoms with E-state index >= 15 is 0 Å². The number of aliphatic carboxylic acids is 1. The number of rotatable bonds is 41. The number of carboxylic acids is 1. The van der Waals surface area contributed by atoms with E-state index in [1.54, 1.807) is 0 Å². The lowest BCUT2D eigenvalue weighted by atomic mass is 10.1. The Bertz CT molecular complexity index is 957. The van der Waals surface area contributed by atoms with Gasteiger partial charge >= 0.3 is 17.9 Å². The zero-order valence-electron chi connectivity index (χ0n) is 36.6. The number of likely N-dealkylation sites (N-methyl/N-ethyl adjacent to an activating group) is 1. The number of carbonyl (C=O) groups excluding carboxylic acids is 2. The minimum Gasteiger partial charge on any atom is -0.477 e. The summed E-state index contributed by atoms with van der Waals surface area (Å²) in [6.45, 7) is 4.70. The van der Waals surface area contributed by atoms with Crippen LogP contribution in [0.25, 0.3) is 0 Å². The predicted molar refractivity (Wildman–Crippen MR) is 229 cm³/mol. The van der Waals surface area contributed by atoms with E-state index in [2.05, 4.69) is 38.2 Å². The largest absolute Gasteiger partial charge is 0.477 e. The first-order valence-electron chi connectivity index (χ1n) is 22.9. The van der Waals surface area contributed by atoms with Crippen molar-refractivity contribution in [3.05, 3.63) is 24.3 Å². The van der Waals surface area contributed by atoms with Crippen LogP contribution in [0.5, 0.6) is 0 Å². The minimum absolute atomic E-state index is 0.0545. The number of hydrogen-bond donors (Lipinski definition) is 1. The summed E-state index contributed by atoms with van der Waals surface area (Å²) in [6.07, 6.45) is 42.2. The standard InChI is InChI=1S/C47H87NO7/c1-6-8-10-12-14-16-18-19-20-21-22-23-24-25-26-28-30-32-34-36-38-46(50)55-43(41-53-40-39-44(47(51)52)48(3,4)5)42-54-45(49)37-35-33-31-29-27-17-15-13-11-9-7-2/h13,15,22-23,43-44H,6-12,14,16-21,24-42H2,1-5H3/p+1/b15-13+,23-22+. The van der Waals surface area contributed by atoms with Gasteiger partial charge in [0.25, 0.3) is 0 Å². The molecule has 2 atom stereocenters. The number of ether oxygens (including phenoxy) is 3. The fourth-order valence-electron chi connectivity index (χ4n) is 6.71. The van der Waals surface area contributed by atoms with Gasteiger partial charge < -0.3 is 23.8 Å². The first-order valence-corrected chi connectivity index (χ1v) is 22.9. The van der Waals surface area contributed by atoms with Crippen LogP contribution in [0, 0.1) is 0 Å². The van der Waals surface area contributed by atoms with Crippen LogP contribution in [-0.4, -0.2) is 80.6 Å². The highest BCUT2D eigenvalue weighted by Gasteiger charge is 2.31. The van der Waals surface area contributed by atoms with Crippen molar-refractivity contribution in [1.29, 1.82) is 0 Å². The molecule has 0 aliphatic heterocycles. The molecule has 0 spiro atoms. The Balaban J connectivity index is 4.27. The molecule has 0 bridgehead atoms. The average Bonchev–Trinajstić information content (AvgIpc) is 3.14. The predicted octanol–water partition coefficient (Wildman–Crippen LogP) is 12.5. The van der Waals surface area contributed by atoms with Crippen molar-refractivity contribution >= 4 is 17.9 Å². The summed E-state index contributed by atoms with van der Waals surface area (Å²) in [6, 6.07) is -0.614. The topological polar surface area (TPSA) is 99.1 Å². The molecule has 1 N–H and O–H groups in total. The van der Waals surface area contributed by atoms with Crippen LogP contribution >= 0.6 is 0 Å². The summed E-state index contributed by atoms with van der Waals surface area (Å²) in [5.41, 5.74) is 0. The molecule has 0 rings (SSSR count). The maximum atomic E-state index is 12.7. The van der Waals surface area contributed by atoms with Crippen LogP contribution in [0.4, 0.5) is 0 Å². The summed E-state index contributed by atoms with van der Waals surface area (Å²) in [5.74, 6) is -1.48. The number of quaternary nitrogens is 1. The molecule has 0 fully saturated rings. The zero-order valence-corrected chi connectivity index (χ0v) is 36.6. The molecule has 0 aliphatic rings. The highest BCUT2D eigenvalue weighted by Crippen LogP contribution is 2.14. The maximum absolute atomic E-state index is 12.7. The van der Waals surface area contributed by atoms with E-state index in [0.29, 0.717) is 19.3 Å². The highest BCUT2D eigenvalue weighted by atomic mass is 16.6. The van der Waals surface area contributed by atoms with Gasteiger partial charge in [0.2, 0.25) is 0 Å². The van der Waals surface area contributed by atoms with Gasteiger partial charge in [0.15, 0.2) is 12.1 Å². The summed E-state index contributed by atoms with van der Waals surface area (Å²) >= 11 is 0. The molecule has 55 heavy (non-hydrogen) atoms. The van der Waals surface area contributed by atoms with E-state index in [-0.39, 0.29) is 36.2 Å². The van der Waals surface area contributed by atoms with Crippen molar-refractivity contribution in [3.8, 4) is 0 Å². The molecule has 8 nitrogen and oxygen atoms in total. The van der Waals surface area contributed by atoms with E-state index in [9.17, 15) is 19.5 Å². The summed E-state index contributed by atoms with van der Waals surface area (Å²) in [5, 5.41) is 9.61. The van der Waals surface area contributed by atoms with Gasteiger partial charge in [-0.25, -0.2) is 4.79 Å². The van der Waals surface area contributed by atoms with E-state index in [1.807, 2.05) is 21.1 Å². The van der Waals surface area contributed by atoms with E-state index < -0.39 is 18.1 Å². The van der Waals surface area contributed by atoms with Crippen molar-refractivity contribution in [2.24, 2.45) is 0 Å². The Labute approximate surface area is 339 Å². The summed E-state index contributed by atoms with van der Waals surface area (Å²) in [7, 11) is 5.53. The second-order valence-electron chi connectivity index (χ2n) is 16.7. The molecule has 322 valence electrons. The minimum atomic E-state index is -0.876. The van der Waals surface area contributed by atoms with Crippen molar-refractivity contribution in [1.82, 2.24) is 0 Å². The highest BCUT2D eigenvalue weighted by molar-refractivity contribution is 5.72. The van der Waals surface area contributed by atoms with Crippen molar-refractivity contribution < 1.29 is 38.2 Å². The van der Waals surface area contributed by atoms with Crippen molar-refractivity contribution in [2.45, 2.75) is 219 Å². The zero-order chi connectivity index (χ0) is 40.7. The van der Waals surface area contributed by atoms with E-state index in [4.69, 9.17) is 14.2 Å². The molecule has 0 amide bonds. The van der Waals surface area contributed by atoms with Gasteiger partial charge in [-0.2, -0.15) is 0 Å². The van der Waals surface area contributed by atoms with Crippen LogP contribution in [0.1, 0.15) is 206 Å². The summed E-state index contributed by atoms with van der Waals surface area (Å²) in [4.78, 5) is 36.9. The van der Waals surface area contributed by atoms with Crippen LogP contribution < -0.4 is 0 Å². The first-order chi connectivity index (χ1) is 26.6. The lowest BCUT2D eigenvalue weighted by molar-refractivity contribution is -0.887. The van der Waals surface area contributed by atoms with Crippen molar-refractivity contribution in [3.63, 3.8) is 0 Å². The molecule has 0 heterocycles. The van der Waals surface area contributed by atoms with Gasteiger partial charge in [-0.1, -0.05) is 154 Å². The second-order valence-corrected chi connectivity index (χ2v) is 16.7. The molecular weight excluding hydrogens is 691 g/mol. The third-order valence-electron chi connectivity index (χ3n) is 10.3. The fourth-order valence-corrected chi connectivity index (χ4v) is 6.71. The first kappa shape index (κ1) is 52.8. The number of esters is 2.